The van der Waals surface area contributed by atoms with Gasteiger partial charge < -0.3 is 0 Å². The van der Waals surface area contributed by atoms with E-state index in [1.807, 2.05) is 0 Å². The van der Waals surface area contributed by atoms with Crippen LogP contribution in [0.2, 0.25) is 0 Å². The van der Waals surface area contributed by atoms with Crippen LogP contribution in [-0.2, 0) is 0 Å². The van der Waals surface area contributed by atoms with Crippen LogP contribution < -0.4 is 0 Å². The summed E-state index contributed by atoms with van der Waals surface area (Å²) in [5.41, 5.74) is 13.3. The Morgan fingerprint density at radius 2 is 0.750 bits per heavy atom. The molecule has 2 aliphatic carbocycles. The van der Waals surface area contributed by atoms with Crippen LogP contribution in [0.15, 0.2) is 158 Å². The Labute approximate surface area is 255 Å². The second-order valence-corrected chi connectivity index (χ2v) is 12.0. The van der Waals surface area contributed by atoms with Crippen molar-refractivity contribution >= 4 is 65.4 Å². The molecule has 0 heterocycles. The zero-order valence-electron chi connectivity index (χ0n) is 24.0. The van der Waals surface area contributed by atoms with Crippen LogP contribution in [0.1, 0.15) is 33.4 Å². The van der Waals surface area contributed by atoms with E-state index in [1.54, 1.807) is 0 Å². The van der Waals surface area contributed by atoms with E-state index in [4.69, 9.17) is 0 Å². The Balaban J connectivity index is 1.44. The van der Waals surface area contributed by atoms with Crippen molar-refractivity contribution in [2.24, 2.45) is 0 Å². The van der Waals surface area contributed by atoms with Crippen molar-refractivity contribution in [1.29, 1.82) is 0 Å². The monoisotopic (exact) mass is 554 g/mol. The maximum absolute atomic E-state index is 2.44. The van der Waals surface area contributed by atoms with Crippen LogP contribution in [0.3, 0.4) is 0 Å². The Kier molecular flexibility index (Phi) is 4.81. The van der Waals surface area contributed by atoms with E-state index in [0.717, 1.165) is 0 Å². The number of fused-ring (bicyclic) bond motifs is 11. The van der Waals surface area contributed by atoms with Crippen molar-refractivity contribution in [1.82, 2.24) is 0 Å². The summed E-state index contributed by atoms with van der Waals surface area (Å²) in [6.45, 7) is 0. The Morgan fingerprint density at radius 3 is 1.55 bits per heavy atom. The molecule has 8 aromatic carbocycles. The van der Waals surface area contributed by atoms with Crippen LogP contribution >= 0.6 is 0 Å². The maximum Gasteiger partial charge on any atom is -0.000718 e. The van der Waals surface area contributed by atoms with E-state index >= 15 is 0 Å². The molecule has 0 bridgehead atoms. The highest BCUT2D eigenvalue weighted by Crippen LogP contribution is 2.60. The third-order valence-electron chi connectivity index (χ3n) is 9.76. The molecule has 0 amide bonds. The molecule has 0 saturated heterocycles. The van der Waals surface area contributed by atoms with E-state index in [-0.39, 0.29) is 0 Å². The Bertz CT molecular complexity index is 2590. The van der Waals surface area contributed by atoms with E-state index < -0.39 is 0 Å². The minimum Gasteiger partial charge on any atom is -0.0616 e. The van der Waals surface area contributed by atoms with Gasteiger partial charge in [0.1, 0.15) is 0 Å². The zero-order valence-corrected chi connectivity index (χ0v) is 24.0. The molecule has 0 N–H and O–H groups in total. The first-order valence-corrected chi connectivity index (χ1v) is 15.4. The van der Waals surface area contributed by atoms with Gasteiger partial charge in [0, 0.05) is 0 Å². The lowest BCUT2D eigenvalue weighted by atomic mass is 9.86. The van der Waals surface area contributed by atoms with Gasteiger partial charge in [0.25, 0.3) is 0 Å². The third-order valence-corrected chi connectivity index (χ3v) is 9.76. The van der Waals surface area contributed by atoms with Gasteiger partial charge in [0.2, 0.25) is 0 Å². The Morgan fingerprint density at radius 1 is 0.227 bits per heavy atom. The quantitative estimate of drug-likeness (QED) is 0.186. The summed E-state index contributed by atoms with van der Waals surface area (Å²) in [5, 5.41) is 10.3. The molecule has 0 saturated carbocycles. The summed E-state index contributed by atoms with van der Waals surface area (Å²) in [7, 11) is 0. The maximum atomic E-state index is 2.44. The second-order valence-electron chi connectivity index (χ2n) is 12.0. The van der Waals surface area contributed by atoms with Gasteiger partial charge >= 0.3 is 0 Å². The van der Waals surface area contributed by atoms with Crippen molar-refractivity contribution < 1.29 is 0 Å². The topological polar surface area (TPSA) is 0 Å². The zero-order chi connectivity index (χ0) is 28.8. The lowest BCUT2D eigenvalue weighted by molar-refractivity contribution is 1.56. The van der Waals surface area contributed by atoms with Gasteiger partial charge in [-0.15, -0.1) is 0 Å². The second kappa shape index (κ2) is 8.89. The molecule has 44 heavy (non-hydrogen) atoms. The van der Waals surface area contributed by atoms with Gasteiger partial charge in [0.05, 0.1) is 0 Å². The summed E-state index contributed by atoms with van der Waals surface area (Å²) >= 11 is 0. The molecule has 0 heteroatoms. The van der Waals surface area contributed by atoms with Crippen molar-refractivity contribution in [3.8, 4) is 0 Å². The molecule has 0 fully saturated rings. The first kappa shape index (κ1) is 23.8. The minimum absolute atomic E-state index is 1.27. The summed E-state index contributed by atoms with van der Waals surface area (Å²) in [5.74, 6) is 0. The molecule has 0 aromatic heterocycles. The summed E-state index contributed by atoms with van der Waals surface area (Å²) in [6, 6.07) is 58.4. The van der Waals surface area contributed by atoms with Gasteiger partial charge in [-0.3, -0.25) is 0 Å². The molecule has 0 unspecified atom stereocenters. The molecular formula is C44H26. The lowest BCUT2D eigenvalue weighted by Crippen LogP contribution is -1.95. The molecule has 10 rings (SSSR count). The normalized spacial score (nSPS) is 13.7. The molecule has 0 nitrogen and oxygen atoms in total. The summed E-state index contributed by atoms with van der Waals surface area (Å²) in [4.78, 5) is 0. The molecule has 2 aliphatic rings. The van der Waals surface area contributed by atoms with E-state index in [2.05, 4.69) is 158 Å². The van der Waals surface area contributed by atoms with Gasteiger partial charge in [-0.05, 0) is 105 Å². The molecular weight excluding hydrogens is 528 g/mol. The van der Waals surface area contributed by atoms with Crippen LogP contribution in [0.4, 0.5) is 0 Å². The fraction of sp³-hybridized carbons (Fsp3) is 0. The minimum atomic E-state index is 1.27. The smallest absolute Gasteiger partial charge is 0.000718 e. The predicted molar refractivity (Wildman–Crippen MR) is 188 cm³/mol. The standard InChI is InChI=1S/C44H26/c1-4-16-30-27(12-1)15-11-23-35(30)41-36-21-9-10-22-37(36)42-43(41)38-25-24-28-13-2-6-18-32(28)40(38)44(42)39-26-29-14-3-5-17-31(29)33-19-7-8-20-34(33)39/h1-26H. The fourth-order valence-corrected chi connectivity index (χ4v) is 7.97. The lowest BCUT2D eigenvalue weighted by Gasteiger charge is -2.17. The number of rotatable bonds is 2. The molecule has 202 valence electrons. The number of hydrogen-bond donors (Lipinski definition) is 0. The van der Waals surface area contributed by atoms with Gasteiger partial charge in [-0.2, -0.15) is 0 Å². The van der Waals surface area contributed by atoms with E-state index in [1.165, 1.54) is 98.8 Å². The molecule has 0 aliphatic heterocycles. The van der Waals surface area contributed by atoms with Crippen LogP contribution in [-0.4, -0.2) is 0 Å². The highest BCUT2D eigenvalue weighted by molar-refractivity contribution is 6.39. The third kappa shape index (κ3) is 3.12. The molecule has 0 radical (unpaired) electrons. The van der Waals surface area contributed by atoms with Gasteiger partial charge in [-0.25, -0.2) is 0 Å². The van der Waals surface area contributed by atoms with Gasteiger partial charge in [0.15, 0.2) is 0 Å². The summed E-state index contributed by atoms with van der Waals surface area (Å²) in [6.07, 6.45) is 0. The molecule has 8 aromatic rings. The highest BCUT2D eigenvalue weighted by atomic mass is 14.4. The fourth-order valence-electron chi connectivity index (χ4n) is 7.97. The highest BCUT2D eigenvalue weighted by Gasteiger charge is 2.39. The molecule has 0 spiro atoms. The first-order valence-electron chi connectivity index (χ1n) is 15.4. The number of hydrogen-bond acceptors (Lipinski definition) is 0. The summed E-state index contributed by atoms with van der Waals surface area (Å²) < 4.78 is 0. The van der Waals surface area contributed by atoms with E-state index in [0.29, 0.717) is 0 Å². The Hall–Kier alpha value is -5.72. The average Bonchev–Trinajstić information content (AvgIpc) is 3.61. The first-order chi connectivity index (χ1) is 21.9. The molecule has 0 atom stereocenters. The predicted octanol–water partition coefficient (Wildman–Crippen LogP) is 11.5. The largest absolute Gasteiger partial charge is 0.0616 e. The SMILES string of the molecule is c1ccc2c(c1)C1=C(c3cc4ccccc4c4ccccc34)c3c(ccc4ccccc34)C1=C2c1cccc2ccccc12. The van der Waals surface area contributed by atoms with Crippen molar-refractivity contribution in [3.63, 3.8) is 0 Å². The van der Waals surface area contributed by atoms with Gasteiger partial charge in [-0.1, -0.05) is 152 Å². The van der Waals surface area contributed by atoms with Crippen molar-refractivity contribution in [2.45, 2.75) is 0 Å². The van der Waals surface area contributed by atoms with Crippen LogP contribution in [0.25, 0.3) is 65.4 Å². The van der Waals surface area contributed by atoms with Crippen molar-refractivity contribution in [2.75, 3.05) is 0 Å². The van der Waals surface area contributed by atoms with Crippen molar-refractivity contribution in [3.05, 3.63) is 191 Å². The van der Waals surface area contributed by atoms with Crippen LogP contribution in [0, 0.1) is 0 Å². The number of allylic oxidation sites excluding steroid dienone is 2. The number of benzene rings is 8. The van der Waals surface area contributed by atoms with E-state index in [9.17, 15) is 0 Å². The van der Waals surface area contributed by atoms with Crippen LogP contribution in [0.5, 0.6) is 0 Å². The average molecular weight is 555 g/mol.